The predicted octanol–water partition coefficient (Wildman–Crippen LogP) is 2.43. The largest absolute Gasteiger partial charge is 0.492 e. The van der Waals surface area contributed by atoms with Gasteiger partial charge in [0.05, 0.1) is 11.1 Å². The molecule has 110 valence electrons. The highest BCUT2D eigenvalue weighted by Crippen LogP contribution is 2.23. The number of amides is 1. The summed E-state index contributed by atoms with van der Waals surface area (Å²) in [5.74, 6) is 1.06. The molecule has 1 saturated heterocycles. The molecule has 0 spiro atoms. The summed E-state index contributed by atoms with van der Waals surface area (Å²) in [6.07, 6.45) is 1.30. The fourth-order valence-corrected chi connectivity index (χ4v) is 2.68. The lowest BCUT2D eigenvalue weighted by Gasteiger charge is -2.32. The molecule has 1 aromatic carbocycles. The molecule has 1 amide bonds. The summed E-state index contributed by atoms with van der Waals surface area (Å²) in [5.41, 5.74) is 0. The zero-order valence-corrected chi connectivity index (χ0v) is 13.4. The topological polar surface area (TPSA) is 41.6 Å². The van der Waals surface area contributed by atoms with Crippen LogP contribution in [0.2, 0.25) is 0 Å². The van der Waals surface area contributed by atoms with Crippen molar-refractivity contribution in [3.63, 3.8) is 0 Å². The average molecular weight is 341 g/mol. The molecular weight excluding hydrogens is 320 g/mol. The SMILES string of the molecule is CC1CN(C(=O)CCCOc2ccccc2Br)CCN1. The molecule has 20 heavy (non-hydrogen) atoms. The smallest absolute Gasteiger partial charge is 0.222 e. The maximum atomic E-state index is 12.1. The number of carbonyl (C=O) groups excluding carboxylic acids is 1. The summed E-state index contributed by atoms with van der Waals surface area (Å²) in [7, 11) is 0. The maximum absolute atomic E-state index is 12.1. The van der Waals surface area contributed by atoms with E-state index >= 15 is 0 Å². The van der Waals surface area contributed by atoms with Crippen LogP contribution in [0.1, 0.15) is 19.8 Å². The van der Waals surface area contributed by atoms with Crippen LogP contribution in [0.25, 0.3) is 0 Å². The van der Waals surface area contributed by atoms with Crippen molar-refractivity contribution in [3.8, 4) is 5.75 Å². The number of rotatable bonds is 5. The first-order valence-electron chi connectivity index (χ1n) is 7.05. The van der Waals surface area contributed by atoms with Crippen LogP contribution < -0.4 is 10.1 Å². The van der Waals surface area contributed by atoms with Crippen LogP contribution in [-0.2, 0) is 4.79 Å². The summed E-state index contributed by atoms with van der Waals surface area (Å²) in [6.45, 7) is 5.18. The molecule has 1 heterocycles. The zero-order valence-electron chi connectivity index (χ0n) is 11.8. The van der Waals surface area contributed by atoms with Crippen molar-refractivity contribution in [1.29, 1.82) is 0 Å². The van der Waals surface area contributed by atoms with Crippen LogP contribution in [0.4, 0.5) is 0 Å². The van der Waals surface area contributed by atoms with Crippen molar-refractivity contribution in [2.45, 2.75) is 25.8 Å². The van der Waals surface area contributed by atoms with Crippen LogP contribution >= 0.6 is 15.9 Å². The highest BCUT2D eigenvalue weighted by Gasteiger charge is 2.19. The molecular formula is C15H21BrN2O2. The molecule has 1 fully saturated rings. The monoisotopic (exact) mass is 340 g/mol. The Balaban J connectivity index is 1.68. The Morgan fingerprint density at radius 1 is 1.50 bits per heavy atom. The van der Waals surface area contributed by atoms with Crippen molar-refractivity contribution >= 4 is 21.8 Å². The summed E-state index contributed by atoms with van der Waals surface area (Å²) in [5, 5.41) is 3.34. The minimum atomic E-state index is 0.231. The number of nitrogens with zero attached hydrogens (tertiary/aromatic N) is 1. The van der Waals surface area contributed by atoms with Gasteiger partial charge in [-0.15, -0.1) is 0 Å². The van der Waals surface area contributed by atoms with E-state index < -0.39 is 0 Å². The lowest BCUT2D eigenvalue weighted by molar-refractivity contribution is -0.132. The summed E-state index contributed by atoms with van der Waals surface area (Å²) >= 11 is 3.44. The van der Waals surface area contributed by atoms with Gasteiger partial charge in [0, 0.05) is 32.1 Å². The van der Waals surface area contributed by atoms with E-state index in [9.17, 15) is 4.79 Å². The number of benzene rings is 1. The molecule has 0 saturated carbocycles. The van der Waals surface area contributed by atoms with E-state index in [0.29, 0.717) is 19.1 Å². The second-order valence-electron chi connectivity index (χ2n) is 5.08. The van der Waals surface area contributed by atoms with Crippen LogP contribution in [0.3, 0.4) is 0 Å². The van der Waals surface area contributed by atoms with E-state index in [1.165, 1.54) is 0 Å². The number of nitrogens with one attached hydrogen (secondary N) is 1. The third-order valence-corrected chi connectivity index (χ3v) is 4.01. The normalized spacial score (nSPS) is 18.9. The van der Waals surface area contributed by atoms with Crippen LogP contribution in [-0.4, -0.2) is 43.1 Å². The van der Waals surface area contributed by atoms with Gasteiger partial charge >= 0.3 is 0 Å². The quantitative estimate of drug-likeness (QED) is 0.837. The van der Waals surface area contributed by atoms with Crippen molar-refractivity contribution in [2.75, 3.05) is 26.2 Å². The Bertz CT molecular complexity index is 453. The molecule has 0 bridgehead atoms. The predicted molar refractivity (Wildman–Crippen MR) is 82.9 cm³/mol. The standard InChI is InChI=1S/C15H21BrN2O2/c1-12-11-18(9-8-17-12)15(19)7-4-10-20-14-6-3-2-5-13(14)16/h2-3,5-6,12,17H,4,7-11H2,1H3. The molecule has 1 N–H and O–H groups in total. The number of ether oxygens (including phenoxy) is 1. The average Bonchev–Trinajstić information content (AvgIpc) is 2.45. The fourth-order valence-electron chi connectivity index (χ4n) is 2.28. The van der Waals surface area contributed by atoms with Crippen LogP contribution in [0.15, 0.2) is 28.7 Å². The van der Waals surface area contributed by atoms with Crippen LogP contribution in [0, 0.1) is 0 Å². The number of carbonyl (C=O) groups is 1. The van der Waals surface area contributed by atoms with Gasteiger partial charge in [0.2, 0.25) is 5.91 Å². The number of piperazine rings is 1. The van der Waals surface area contributed by atoms with E-state index in [-0.39, 0.29) is 5.91 Å². The second-order valence-corrected chi connectivity index (χ2v) is 5.93. The molecule has 1 aliphatic rings. The van der Waals surface area contributed by atoms with Gasteiger partial charge in [-0.25, -0.2) is 0 Å². The minimum absolute atomic E-state index is 0.231. The van der Waals surface area contributed by atoms with E-state index in [0.717, 1.165) is 36.3 Å². The number of para-hydroxylation sites is 1. The minimum Gasteiger partial charge on any atom is -0.492 e. The fraction of sp³-hybridized carbons (Fsp3) is 0.533. The molecule has 2 rings (SSSR count). The number of hydrogen-bond donors (Lipinski definition) is 1. The van der Waals surface area contributed by atoms with Gasteiger partial charge in [-0.2, -0.15) is 0 Å². The van der Waals surface area contributed by atoms with E-state index in [1.54, 1.807) is 0 Å². The molecule has 1 aliphatic heterocycles. The Hall–Kier alpha value is -1.07. The van der Waals surface area contributed by atoms with Gasteiger partial charge in [-0.3, -0.25) is 4.79 Å². The number of halogens is 1. The van der Waals surface area contributed by atoms with E-state index in [1.807, 2.05) is 29.2 Å². The maximum Gasteiger partial charge on any atom is 0.222 e. The first kappa shape index (κ1) is 15.3. The highest BCUT2D eigenvalue weighted by molar-refractivity contribution is 9.10. The Kier molecular flexibility index (Phi) is 5.86. The highest BCUT2D eigenvalue weighted by atomic mass is 79.9. The first-order chi connectivity index (χ1) is 9.66. The van der Waals surface area contributed by atoms with Gasteiger partial charge < -0.3 is 15.0 Å². The second kappa shape index (κ2) is 7.64. The molecule has 1 aromatic rings. The van der Waals surface area contributed by atoms with Crippen molar-refractivity contribution in [3.05, 3.63) is 28.7 Å². The molecule has 0 radical (unpaired) electrons. The summed E-state index contributed by atoms with van der Waals surface area (Å²) in [4.78, 5) is 14.0. The number of hydrogen-bond acceptors (Lipinski definition) is 3. The Labute approximate surface area is 128 Å². The van der Waals surface area contributed by atoms with Gasteiger partial charge in [0.1, 0.15) is 5.75 Å². The molecule has 4 nitrogen and oxygen atoms in total. The Morgan fingerprint density at radius 3 is 3.05 bits per heavy atom. The molecule has 1 unspecified atom stereocenters. The van der Waals surface area contributed by atoms with Crippen molar-refractivity contribution < 1.29 is 9.53 Å². The zero-order chi connectivity index (χ0) is 14.4. The lowest BCUT2D eigenvalue weighted by Crippen LogP contribution is -2.51. The molecule has 1 atom stereocenters. The first-order valence-corrected chi connectivity index (χ1v) is 7.84. The summed E-state index contributed by atoms with van der Waals surface area (Å²) in [6, 6.07) is 8.15. The van der Waals surface area contributed by atoms with Gasteiger partial charge in [-0.05, 0) is 41.4 Å². The van der Waals surface area contributed by atoms with Crippen molar-refractivity contribution in [2.24, 2.45) is 0 Å². The van der Waals surface area contributed by atoms with Gasteiger partial charge in [-0.1, -0.05) is 12.1 Å². The Morgan fingerprint density at radius 2 is 2.30 bits per heavy atom. The van der Waals surface area contributed by atoms with Crippen LogP contribution in [0.5, 0.6) is 5.75 Å². The molecule has 0 aromatic heterocycles. The van der Waals surface area contributed by atoms with E-state index in [4.69, 9.17) is 4.74 Å². The van der Waals surface area contributed by atoms with E-state index in [2.05, 4.69) is 28.2 Å². The van der Waals surface area contributed by atoms with Gasteiger partial charge in [0.15, 0.2) is 0 Å². The molecule has 0 aliphatic carbocycles. The van der Waals surface area contributed by atoms with Crippen molar-refractivity contribution in [1.82, 2.24) is 10.2 Å². The third-order valence-electron chi connectivity index (χ3n) is 3.35. The molecule has 5 heteroatoms. The third kappa shape index (κ3) is 4.49. The summed E-state index contributed by atoms with van der Waals surface area (Å²) < 4.78 is 6.61. The lowest BCUT2D eigenvalue weighted by atomic mass is 10.2. The van der Waals surface area contributed by atoms with Gasteiger partial charge in [0.25, 0.3) is 0 Å².